The van der Waals surface area contributed by atoms with Crippen molar-refractivity contribution in [3.63, 3.8) is 0 Å². The number of amides is 1. The van der Waals surface area contributed by atoms with E-state index >= 15 is 0 Å². The number of anilines is 1. The molecule has 1 aliphatic heterocycles. The Hall–Kier alpha value is -2.90. The average Bonchev–Trinajstić information content (AvgIpc) is 3.23. The van der Waals surface area contributed by atoms with Crippen LogP contribution >= 0.6 is 11.6 Å². The molecule has 3 heterocycles. The maximum Gasteiger partial charge on any atom is 0.246 e. The lowest BCUT2D eigenvalue weighted by molar-refractivity contribution is -0.133. The molecule has 1 saturated carbocycles. The summed E-state index contributed by atoms with van der Waals surface area (Å²) in [6.07, 6.45) is 9.46. The Morgan fingerprint density at radius 3 is 2.94 bits per heavy atom. The molecule has 33 heavy (non-hydrogen) atoms. The van der Waals surface area contributed by atoms with Gasteiger partial charge in [-0.1, -0.05) is 36.4 Å². The van der Waals surface area contributed by atoms with Crippen molar-refractivity contribution in [3.8, 4) is 11.3 Å². The highest BCUT2D eigenvalue weighted by Gasteiger charge is 2.36. The number of likely N-dealkylation sites (N-methyl/N-ethyl adjacent to an activating group) is 1. The van der Waals surface area contributed by atoms with Crippen molar-refractivity contribution in [1.82, 2.24) is 24.8 Å². The molecule has 7 nitrogen and oxygen atoms in total. The van der Waals surface area contributed by atoms with Gasteiger partial charge in [0.2, 0.25) is 11.9 Å². The Bertz CT molecular complexity index is 1170. The second kappa shape index (κ2) is 9.15. The van der Waals surface area contributed by atoms with Crippen LogP contribution in [0, 0.1) is 0 Å². The van der Waals surface area contributed by atoms with Crippen molar-refractivity contribution in [1.29, 1.82) is 0 Å². The van der Waals surface area contributed by atoms with E-state index in [2.05, 4.69) is 39.9 Å². The zero-order valence-corrected chi connectivity index (χ0v) is 19.6. The third kappa shape index (κ3) is 4.35. The van der Waals surface area contributed by atoms with Crippen LogP contribution in [0.15, 0.2) is 49.3 Å². The van der Waals surface area contributed by atoms with Gasteiger partial charge in [-0.15, -0.1) is 0 Å². The summed E-state index contributed by atoms with van der Waals surface area (Å²) in [6.45, 7) is 5.14. The number of H-pyrrole nitrogens is 1. The standard InChI is InChI=1S/C25H29ClN6O/c1-3-23(33)32-14-18(15-32)31(2)17-8-6-7-16(11-17)29-25-28-13-21(26)24(30-25)20-12-27-22-10-5-4-9-19(20)22/h3-5,9-10,12-13,16-18,27H,1,6-8,11,14-15H2,2H3,(H,28,29,30)/t16-,17+/m1/s1. The first-order valence-electron chi connectivity index (χ1n) is 11.5. The highest BCUT2D eigenvalue weighted by atomic mass is 35.5. The van der Waals surface area contributed by atoms with Crippen molar-refractivity contribution in [2.75, 3.05) is 25.5 Å². The van der Waals surface area contributed by atoms with Crippen LogP contribution in [0.4, 0.5) is 5.95 Å². The van der Waals surface area contributed by atoms with E-state index in [-0.39, 0.29) is 5.91 Å². The van der Waals surface area contributed by atoms with Crippen molar-refractivity contribution >= 4 is 34.4 Å². The number of likely N-dealkylation sites (tertiary alicyclic amines) is 1. The normalized spacial score (nSPS) is 21.2. The molecule has 8 heteroatoms. The van der Waals surface area contributed by atoms with Gasteiger partial charge < -0.3 is 15.2 Å². The van der Waals surface area contributed by atoms with Crippen LogP contribution in [0.3, 0.4) is 0 Å². The van der Waals surface area contributed by atoms with E-state index in [1.807, 2.05) is 29.3 Å². The lowest BCUT2D eigenvalue weighted by Crippen LogP contribution is -2.62. The van der Waals surface area contributed by atoms with Gasteiger partial charge in [0, 0.05) is 53.9 Å². The van der Waals surface area contributed by atoms with Crippen molar-refractivity contribution < 1.29 is 4.79 Å². The fourth-order valence-corrected chi connectivity index (χ4v) is 5.25. The van der Waals surface area contributed by atoms with Gasteiger partial charge in [0.15, 0.2) is 0 Å². The van der Waals surface area contributed by atoms with E-state index < -0.39 is 0 Å². The van der Waals surface area contributed by atoms with Gasteiger partial charge in [-0.3, -0.25) is 9.69 Å². The molecule has 0 unspecified atom stereocenters. The number of para-hydroxylation sites is 1. The first kappa shape index (κ1) is 21.9. The summed E-state index contributed by atoms with van der Waals surface area (Å²) in [5.41, 5.74) is 2.77. The van der Waals surface area contributed by atoms with Gasteiger partial charge in [0.25, 0.3) is 0 Å². The number of aromatic amines is 1. The molecular weight excluding hydrogens is 436 g/mol. The fraction of sp³-hybridized carbons (Fsp3) is 0.400. The first-order chi connectivity index (χ1) is 16.0. The lowest BCUT2D eigenvalue weighted by atomic mass is 9.88. The first-order valence-corrected chi connectivity index (χ1v) is 11.9. The quantitative estimate of drug-likeness (QED) is 0.531. The molecule has 5 rings (SSSR count). The molecule has 2 fully saturated rings. The number of hydrogen-bond acceptors (Lipinski definition) is 5. The minimum Gasteiger partial charge on any atom is -0.360 e. The summed E-state index contributed by atoms with van der Waals surface area (Å²) < 4.78 is 0. The largest absolute Gasteiger partial charge is 0.360 e. The van der Waals surface area contributed by atoms with Crippen molar-refractivity contribution in [2.24, 2.45) is 0 Å². The van der Waals surface area contributed by atoms with E-state index in [9.17, 15) is 4.79 Å². The molecule has 1 aromatic carbocycles. The highest BCUT2D eigenvalue weighted by molar-refractivity contribution is 6.33. The minimum atomic E-state index is 0.0220. The van der Waals surface area contributed by atoms with Crippen LogP contribution in [0.1, 0.15) is 25.7 Å². The van der Waals surface area contributed by atoms with Gasteiger partial charge >= 0.3 is 0 Å². The van der Waals surface area contributed by atoms with E-state index in [1.165, 1.54) is 12.5 Å². The van der Waals surface area contributed by atoms with Gasteiger partial charge in [0.1, 0.15) is 0 Å². The Kier molecular flexibility index (Phi) is 6.08. The number of fused-ring (bicyclic) bond motifs is 1. The molecule has 2 aliphatic rings. The van der Waals surface area contributed by atoms with Crippen molar-refractivity contribution in [3.05, 3.63) is 54.3 Å². The predicted octanol–water partition coefficient (Wildman–Crippen LogP) is 4.33. The van der Waals surface area contributed by atoms with Crippen LogP contribution in [0.5, 0.6) is 0 Å². The predicted molar refractivity (Wildman–Crippen MR) is 132 cm³/mol. The number of carbonyl (C=O) groups excluding carboxylic acids is 1. The molecular formula is C25H29ClN6O. The monoisotopic (exact) mass is 464 g/mol. The van der Waals surface area contributed by atoms with Gasteiger partial charge in [-0.2, -0.15) is 0 Å². The maximum absolute atomic E-state index is 11.8. The summed E-state index contributed by atoms with van der Waals surface area (Å²) in [5, 5.41) is 5.19. The SMILES string of the molecule is C=CC(=O)N1CC(N(C)[C@H]2CCC[C@@H](Nc3ncc(Cl)c(-c4c[nH]c5ccccc45)n3)C2)C1. The van der Waals surface area contributed by atoms with E-state index in [0.29, 0.717) is 29.1 Å². The summed E-state index contributed by atoms with van der Waals surface area (Å²) in [7, 11) is 2.18. The Morgan fingerprint density at radius 1 is 1.30 bits per heavy atom. The van der Waals surface area contributed by atoms with Crippen molar-refractivity contribution in [2.45, 2.75) is 43.8 Å². The number of carbonyl (C=O) groups is 1. The molecule has 2 atom stereocenters. The zero-order chi connectivity index (χ0) is 22.9. The average molecular weight is 465 g/mol. The van der Waals surface area contributed by atoms with Crippen LogP contribution in [0.25, 0.3) is 22.2 Å². The fourth-order valence-electron chi connectivity index (χ4n) is 5.06. The Labute approximate surface area is 198 Å². The summed E-state index contributed by atoms with van der Waals surface area (Å²) in [4.78, 5) is 28.6. The highest BCUT2D eigenvalue weighted by Crippen LogP contribution is 2.33. The summed E-state index contributed by atoms with van der Waals surface area (Å²) >= 11 is 6.49. The molecule has 172 valence electrons. The Morgan fingerprint density at radius 2 is 2.12 bits per heavy atom. The number of halogens is 1. The summed E-state index contributed by atoms with van der Waals surface area (Å²) in [5.74, 6) is 0.633. The molecule has 0 radical (unpaired) electrons. The van der Waals surface area contributed by atoms with Gasteiger partial charge in [-0.05, 0) is 44.9 Å². The molecule has 1 aliphatic carbocycles. The number of hydrogen-bond donors (Lipinski definition) is 2. The molecule has 0 spiro atoms. The van der Waals surface area contributed by atoms with E-state index in [4.69, 9.17) is 16.6 Å². The molecule has 3 aromatic rings. The number of nitrogens with zero attached hydrogens (tertiary/aromatic N) is 4. The molecule has 1 saturated heterocycles. The van der Waals surface area contributed by atoms with E-state index in [0.717, 1.165) is 54.5 Å². The molecule has 1 amide bonds. The third-order valence-corrected chi connectivity index (χ3v) is 7.35. The number of rotatable bonds is 6. The molecule has 0 bridgehead atoms. The second-order valence-electron chi connectivity index (χ2n) is 9.07. The van der Waals surface area contributed by atoms with Crippen LogP contribution in [0.2, 0.25) is 5.02 Å². The van der Waals surface area contributed by atoms with Crippen LogP contribution in [-0.2, 0) is 4.79 Å². The lowest BCUT2D eigenvalue weighted by Gasteiger charge is -2.48. The minimum absolute atomic E-state index is 0.0220. The molecule has 2 N–H and O–H groups in total. The molecule has 2 aromatic heterocycles. The number of benzene rings is 1. The smallest absolute Gasteiger partial charge is 0.246 e. The third-order valence-electron chi connectivity index (χ3n) is 7.07. The zero-order valence-electron chi connectivity index (χ0n) is 18.8. The Balaban J connectivity index is 1.26. The second-order valence-corrected chi connectivity index (χ2v) is 9.47. The van der Waals surface area contributed by atoms with Crippen LogP contribution < -0.4 is 5.32 Å². The summed E-state index contributed by atoms with van der Waals surface area (Å²) in [6, 6.07) is 9.32. The van der Waals surface area contributed by atoms with E-state index in [1.54, 1.807) is 6.20 Å². The number of aromatic nitrogens is 3. The topological polar surface area (TPSA) is 77.2 Å². The van der Waals surface area contributed by atoms with Gasteiger partial charge in [-0.25, -0.2) is 9.97 Å². The maximum atomic E-state index is 11.8. The van der Waals surface area contributed by atoms with Crippen LogP contribution in [-0.4, -0.2) is 68.9 Å². The number of nitrogens with one attached hydrogen (secondary N) is 2. The van der Waals surface area contributed by atoms with Gasteiger partial charge in [0.05, 0.1) is 16.9 Å².